The van der Waals surface area contributed by atoms with Gasteiger partial charge in [-0.05, 0) is 12.1 Å². The van der Waals surface area contributed by atoms with Crippen LogP contribution in [0.15, 0.2) is 12.1 Å². The molecule has 1 aromatic rings. The molecule has 0 radical (unpaired) electrons. The smallest absolute Gasteiger partial charge is 0.138 e. The monoisotopic (exact) mass is 243 g/mol. The average molecular weight is 244 g/mol. The molecule has 0 aliphatic rings. The third-order valence-electron chi connectivity index (χ3n) is 1.87. The van der Waals surface area contributed by atoms with Crippen LogP contribution < -0.4 is 5.32 Å². The molecule has 4 heteroatoms. The summed E-state index contributed by atoms with van der Waals surface area (Å²) < 4.78 is 0. The quantitative estimate of drug-likeness (QED) is 0.630. The predicted molar refractivity (Wildman–Crippen MR) is 63.3 cm³/mol. The minimum absolute atomic E-state index is 0.0641. The second-order valence-electron chi connectivity index (χ2n) is 3.03. The fourth-order valence-electron chi connectivity index (χ4n) is 1.14. The molecule has 0 bridgehead atoms. The van der Waals surface area contributed by atoms with Gasteiger partial charge in [-0.3, -0.25) is 0 Å². The number of halogens is 2. The van der Waals surface area contributed by atoms with Crippen LogP contribution >= 0.6 is 23.2 Å². The van der Waals surface area contributed by atoms with Crippen LogP contribution in [0, 0.1) is 12.3 Å². The fourth-order valence-corrected chi connectivity index (χ4v) is 1.67. The summed E-state index contributed by atoms with van der Waals surface area (Å²) in [7, 11) is 0. The third-order valence-corrected chi connectivity index (χ3v) is 2.38. The Morgan fingerprint density at radius 3 is 2.80 bits per heavy atom. The molecule has 0 aliphatic heterocycles. The summed E-state index contributed by atoms with van der Waals surface area (Å²) in [5.41, 5.74) is 0.671. The van der Waals surface area contributed by atoms with Crippen molar-refractivity contribution < 1.29 is 5.11 Å². The Bertz CT molecular complexity index is 385. The van der Waals surface area contributed by atoms with Crippen molar-refractivity contribution >= 4 is 23.2 Å². The fraction of sp³-hybridized carbons (Fsp3) is 0.273. The topological polar surface area (TPSA) is 32.3 Å². The van der Waals surface area contributed by atoms with Crippen LogP contribution in [0.1, 0.15) is 12.0 Å². The maximum atomic E-state index is 9.61. The summed E-state index contributed by atoms with van der Waals surface area (Å²) in [4.78, 5) is 0. The number of phenolic OH excluding ortho intramolecular Hbond substituents is 1. The number of benzene rings is 1. The molecule has 1 rings (SSSR count). The molecule has 80 valence electrons. The SMILES string of the molecule is C#CCCNCc1cc(Cl)cc(Cl)c1O. The zero-order valence-corrected chi connectivity index (χ0v) is 9.57. The Balaban J connectivity index is 2.65. The van der Waals surface area contributed by atoms with Gasteiger partial charge in [0.25, 0.3) is 0 Å². The van der Waals surface area contributed by atoms with Crippen LogP contribution in [-0.4, -0.2) is 11.7 Å². The van der Waals surface area contributed by atoms with Gasteiger partial charge in [0.2, 0.25) is 0 Å². The van der Waals surface area contributed by atoms with Gasteiger partial charge in [-0.1, -0.05) is 23.2 Å². The number of rotatable bonds is 4. The van der Waals surface area contributed by atoms with Crippen molar-refractivity contribution in [3.05, 3.63) is 27.7 Å². The second-order valence-corrected chi connectivity index (χ2v) is 3.87. The zero-order valence-electron chi connectivity index (χ0n) is 8.06. The van der Waals surface area contributed by atoms with Crippen molar-refractivity contribution in [3.8, 4) is 18.1 Å². The standard InChI is InChI=1S/C11H11Cl2NO/c1-2-3-4-14-7-8-5-9(12)6-10(13)11(8)15/h1,5-6,14-15H,3-4,7H2. The van der Waals surface area contributed by atoms with E-state index in [1.807, 2.05) is 0 Å². The van der Waals surface area contributed by atoms with Crippen LogP contribution in [-0.2, 0) is 6.54 Å². The highest BCUT2D eigenvalue weighted by Gasteiger charge is 2.06. The van der Waals surface area contributed by atoms with Crippen LogP contribution in [0.2, 0.25) is 10.0 Å². The number of hydrogen-bond donors (Lipinski definition) is 2. The molecule has 0 saturated carbocycles. The van der Waals surface area contributed by atoms with Crippen molar-refractivity contribution in [3.63, 3.8) is 0 Å². The lowest BCUT2D eigenvalue weighted by atomic mass is 10.2. The Morgan fingerprint density at radius 1 is 1.40 bits per heavy atom. The second kappa shape index (κ2) is 5.87. The first-order valence-corrected chi connectivity index (χ1v) is 5.22. The Hall–Kier alpha value is -0.880. The molecule has 1 aromatic carbocycles. The molecule has 0 heterocycles. The maximum absolute atomic E-state index is 9.61. The normalized spacial score (nSPS) is 9.93. The zero-order chi connectivity index (χ0) is 11.3. The van der Waals surface area contributed by atoms with Gasteiger partial charge < -0.3 is 10.4 Å². The van der Waals surface area contributed by atoms with Crippen molar-refractivity contribution in [1.82, 2.24) is 5.32 Å². The molecule has 15 heavy (non-hydrogen) atoms. The van der Waals surface area contributed by atoms with Gasteiger partial charge in [-0.25, -0.2) is 0 Å². The molecule has 0 aliphatic carbocycles. The van der Waals surface area contributed by atoms with E-state index in [1.165, 1.54) is 6.07 Å². The minimum Gasteiger partial charge on any atom is -0.506 e. The van der Waals surface area contributed by atoms with Gasteiger partial charge in [0.15, 0.2) is 0 Å². The lowest BCUT2D eigenvalue weighted by Gasteiger charge is -2.07. The van der Waals surface area contributed by atoms with Gasteiger partial charge in [0.1, 0.15) is 5.75 Å². The molecular weight excluding hydrogens is 233 g/mol. The Kier molecular flexibility index (Phi) is 4.77. The van der Waals surface area contributed by atoms with Gasteiger partial charge in [-0.2, -0.15) is 0 Å². The third kappa shape index (κ3) is 3.64. The number of aromatic hydroxyl groups is 1. The molecule has 0 saturated heterocycles. The lowest BCUT2D eigenvalue weighted by Crippen LogP contribution is -2.14. The van der Waals surface area contributed by atoms with E-state index in [9.17, 15) is 5.11 Å². The van der Waals surface area contributed by atoms with E-state index in [-0.39, 0.29) is 10.8 Å². The molecule has 2 nitrogen and oxygen atoms in total. The van der Waals surface area contributed by atoms with Gasteiger partial charge in [0.05, 0.1) is 5.02 Å². The largest absolute Gasteiger partial charge is 0.506 e. The molecule has 0 unspecified atom stereocenters. The van der Waals surface area contributed by atoms with E-state index < -0.39 is 0 Å². The molecule has 0 amide bonds. The van der Waals surface area contributed by atoms with Crippen molar-refractivity contribution in [2.45, 2.75) is 13.0 Å². The molecule has 0 spiro atoms. The van der Waals surface area contributed by atoms with Gasteiger partial charge >= 0.3 is 0 Å². The van der Waals surface area contributed by atoms with Gasteiger partial charge in [0, 0.05) is 30.1 Å². The Labute approximate surface area is 99.2 Å². The first-order chi connectivity index (χ1) is 7.15. The highest BCUT2D eigenvalue weighted by atomic mass is 35.5. The summed E-state index contributed by atoms with van der Waals surface area (Å²) in [6, 6.07) is 3.18. The molecular formula is C11H11Cl2NO. The number of nitrogens with one attached hydrogen (secondary N) is 1. The molecule has 2 N–H and O–H groups in total. The van der Waals surface area contributed by atoms with E-state index in [0.29, 0.717) is 30.1 Å². The van der Waals surface area contributed by atoms with E-state index in [4.69, 9.17) is 29.6 Å². The average Bonchev–Trinajstić information content (AvgIpc) is 2.19. The predicted octanol–water partition coefficient (Wildman–Crippen LogP) is 2.81. The number of phenols is 1. The summed E-state index contributed by atoms with van der Waals surface area (Å²) >= 11 is 11.6. The van der Waals surface area contributed by atoms with E-state index in [0.717, 1.165) is 0 Å². The summed E-state index contributed by atoms with van der Waals surface area (Å²) in [5.74, 6) is 2.58. The highest BCUT2D eigenvalue weighted by molar-refractivity contribution is 6.35. The summed E-state index contributed by atoms with van der Waals surface area (Å²) in [5, 5.41) is 13.5. The van der Waals surface area contributed by atoms with Crippen molar-refractivity contribution in [2.75, 3.05) is 6.54 Å². The highest BCUT2D eigenvalue weighted by Crippen LogP contribution is 2.30. The molecule has 0 fully saturated rings. The first kappa shape index (κ1) is 12.2. The molecule has 0 aromatic heterocycles. The van der Waals surface area contributed by atoms with Crippen LogP contribution in [0.5, 0.6) is 5.75 Å². The Morgan fingerprint density at radius 2 is 2.13 bits per heavy atom. The van der Waals surface area contributed by atoms with Crippen LogP contribution in [0.3, 0.4) is 0 Å². The van der Waals surface area contributed by atoms with Crippen LogP contribution in [0.4, 0.5) is 0 Å². The van der Waals surface area contributed by atoms with E-state index >= 15 is 0 Å². The number of terminal acetylenes is 1. The van der Waals surface area contributed by atoms with Crippen molar-refractivity contribution in [2.24, 2.45) is 0 Å². The number of hydrogen-bond acceptors (Lipinski definition) is 2. The van der Waals surface area contributed by atoms with Crippen LogP contribution in [0.25, 0.3) is 0 Å². The summed E-state index contributed by atoms with van der Waals surface area (Å²) in [6.07, 6.45) is 5.75. The first-order valence-electron chi connectivity index (χ1n) is 4.46. The van der Waals surface area contributed by atoms with E-state index in [1.54, 1.807) is 6.07 Å². The van der Waals surface area contributed by atoms with Crippen molar-refractivity contribution in [1.29, 1.82) is 0 Å². The molecule has 0 atom stereocenters. The van der Waals surface area contributed by atoms with E-state index in [2.05, 4.69) is 11.2 Å². The van der Waals surface area contributed by atoms with Gasteiger partial charge in [-0.15, -0.1) is 12.3 Å². The maximum Gasteiger partial charge on any atom is 0.138 e. The summed E-state index contributed by atoms with van der Waals surface area (Å²) in [6.45, 7) is 1.19. The lowest BCUT2D eigenvalue weighted by molar-refractivity contribution is 0.465. The minimum atomic E-state index is 0.0641.